The molecule has 0 aromatic heterocycles. The molecular formula is C12H20N2O3S. The summed E-state index contributed by atoms with van der Waals surface area (Å²) in [6.07, 6.45) is 4.35. The van der Waals surface area contributed by atoms with Gasteiger partial charge < -0.3 is 15.3 Å². The Morgan fingerprint density at radius 1 is 1.22 bits per heavy atom. The zero-order valence-corrected chi connectivity index (χ0v) is 11.2. The van der Waals surface area contributed by atoms with Gasteiger partial charge in [-0.15, -0.1) is 0 Å². The Morgan fingerprint density at radius 2 is 2.06 bits per heavy atom. The molecule has 2 atom stereocenters. The molecule has 18 heavy (non-hydrogen) atoms. The molecule has 2 aliphatic heterocycles. The van der Waals surface area contributed by atoms with Gasteiger partial charge in [0.2, 0.25) is 0 Å². The van der Waals surface area contributed by atoms with Crippen LogP contribution in [0.4, 0.5) is 4.79 Å². The molecule has 2 unspecified atom stereocenters. The second-order valence-electron chi connectivity index (χ2n) is 4.91. The lowest BCUT2D eigenvalue weighted by Crippen LogP contribution is -2.51. The topological polar surface area (TPSA) is 69.6 Å². The van der Waals surface area contributed by atoms with Gasteiger partial charge >= 0.3 is 12.0 Å². The van der Waals surface area contributed by atoms with Crippen LogP contribution >= 0.6 is 11.8 Å². The van der Waals surface area contributed by atoms with Crippen LogP contribution in [0.25, 0.3) is 0 Å². The number of aliphatic carboxylic acids is 1. The van der Waals surface area contributed by atoms with Gasteiger partial charge in [0.1, 0.15) is 6.04 Å². The molecule has 102 valence electrons. The average Bonchev–Trinajstić information content (AvgIpc) is 2.70. The number of rotatable bonds is 2. The minimum Gasteiger partial charge on any atom is -0.480 e. The monoisotopic (exact) mass is 272 g/mol. The molecule has 2 rings (SSSR count). The quantitative estimate of drug-likeness (QED) is 0.800. The highest BCUT2D eigenvalue weighted by Crippen LogP contribution is 2.20. The molecule has 2 amide bonds. The van der Waals surface area contributed by atoms with Gasteiger partial charge in [-0.25, -0.2) is 9.59 Å². The Bertz CT molecular complexity index is 318. The maximum Gasteiger partial charge on any atom is 0.326 e. The molecule has 2 fully saturated rings. The summed E-state index contributed by atoms with van der Waals surface area (Å²) in [6.45, 7) is 0.558. The Balaban J connectivity index is 1.97. The van der Waals surface area contributed by atoms with Gasteiger partial charge in [-0.05, 0) is 25.0 Å². The van der Waals surface area contributed by atoms with Gasteiger partial charge in [-0.3, -0.25) is 0 Å². The molecule has 0 aromatic rings. The molecule has 0 saturated carbocycles. The zero-order chi connectivity index (χ0) is 13.0. The van der Waals surface area contributed by atoms with Crippen LogP contribution in [0.1, 0.15) is 32.1 Å². The number of amides is 2. The number of nitrogens with zero attached hydrogens (tertiary/aromatic N) is 1. The fourth-order valence-corrected chi connectivity index (χ4v) is 3.67. The molecule has 2 N–H and O–H groups in total. The third kappa shape index (κ3) is 3.31. The highest BCUT2D eigenvalue weighted by Gasteiger charge is 2.32. The smallest absolute Gasteiger partial charge is 0.326 e. The molecule has 5 nitrogen and oxygen atoms in total. The van der Waals surface area contributed by atoms with Crippen LogP contribution in [0.2, 0.25) is 0 Å². The highest BCUT2D eigenvalue weighted by molar-refractivity contribution is 7.99. The molecule has 2 heterocycles. The van der Waals surface area contributed by atoms with E-state index in [4.69, 9.17) is 0 Å². The molecular weight excluding hydrogens is 252 g/mol. The highest BCUT2D eigenvalue weighted by atomic mass is 32.2. The second kappa shape index (κ2) is 6.31. The van der Waals surface area contributed by atoms with E-state index in [9.17, 15) is 14.7 Å². The van der Waals surface area contributed by atoms with Gasteiger partial charge in [0.05, 0.1) is 0 Å². The molecule has 6 heteroatoms. The largest absolute Gasteiger partial charge is 0.480 e. The van der Waals surface area contributed by atoms with Crippen molar-refractivity contribution in [3.8, 4) is 0 Å². The molecule has 0 spiro atoms. The van der Waals surface area contributed by atoms with Crippen molar-refractivity contribution in [1.29, 1.82) is 0 Å². The van der Waals surface area contributed by atoms with Gasteiger partial charge in [0.15, 0.2) is 0 Å². The van der Waals surface area contributed by atoms with E-state index in [1.54, 1.807) is 0 Å². The summed E-state index contributed by atoms with van der Waals surface area (Å²) >= 11 is 1.83. The minimum atomic E-state index is -0.882. The van der Waals surface area contributed by atoms with Crippen LogP contribution < -0.4 is 5.32 Å². The van der Waals surface area contributed by atoms with Crippen LogP contribution in [-0.2, 0) is 4.79 Å². The van der Waals surface area contributed by atoms with E-state index in [1.807, 2.05) is 11.8 Å². The standard InChI is InChI=1S/C12H20N2O3S/c15-11(16)10-4-2-1-3-6-14(10)12(17)13-9-5-7-18-8-9/h9-10H,1-8H2,(H,13,17)(H,15,16). The average molecular weight is 272 g/mol. The van der Waals surface area contributed by atoms with Gasteiger partial charge in [-0.1, -0.05) is 12.8 Å². The Hall–Kier alpha value is -0.910. The molecule has 0 aromatic carbocycles. The maximum atomic E-state index is 12.2. The zero-order valence-electron chi connectivity index (χ0n) is 10.4. The first-order chi connectivity index (χ1) is 8.68. The van der Waals surface area contributed by atoms with Gasteiger partial charge in [0.25, 0.3) is 0 Å². The van der Waals surface area contributed by atoms with Crippen LogP contribution in [0.3, 0.4) is 0 Å². The fraction of sp³-hybridized carbons (Fsp3) is 0.833. The van der Waals surface area contributed by atoms with Crippen LogP contribution in [0.15, 0.2) is 0 Å². The SMILES string of the molecule is O=C(O)C1CCCCCN1C(=O)NC1CCSC1. The normalized spacial score (nSPS) is 28.8. The predicted octanol–water partition coefficient (Wildman–Crippen LogP) is 1.53. The predicted molar refractivity (Wildman–Crippen MR) is 70.9 cm³/mol. The summed E-state index contributed by atoms with van der Waals surface area (Å²) in [5.74, 6) is 1.14. The lowest BCUT2D eigenvalue weighted by atomic mass is 10.1. The van der Waals surface area contributed by atoms with E-state index in [2.05, 4.69) is 5.32 Å². The number of carboxylic acids is 1. The summed E-state index contributed by atoms with van der Waals surface area (Å²) in [5.41, 5.74) is 0. The van der Waals surface area contributed by atoms with Gasteiger partial charge in [0, 0.05) is 18.3 Å². The van der Waals surface area contributed by atoms with Crippen molar-refractivity contribution < 1.29 is 14.7 Å². The van der Waals surface area contributed by atoms with Crippen LogP contribution in [0.5, 0.6) is 0 Å². The molecule has 2 aliphatic rings. The van der Waals surface area contributed by atoms with Crippen molar-refractivity contribution >= 4 is 23.8 Å². The number of carbonyl (C=O) groups excluding carboxylic acids is 1. The van der Waals surface area contributed by atoms with Crippen molar-refractivity contribution in [2.45, 2.75) is 44.2 Å². The number of thioether (sulfide) groups is 1. The number of nitrogens with one attached hydrogen (secondary N) is 1. The Labute approximate surface area is 111 Å². The fourth-order valence-electron chi connectivity index (χ4n) is 2.51. The first kappa shape index (κ1) is 13.5. The van der Waals surface area contributed by atoms with Crippen molar-refractivity contribution in [1.82, 2.24) is 10.2 Å². The van der Waals surface area contributed by atoms with Crippen LogP contribution in [0, 0.1) is 0 Å². The van der Waals surface area contributed by atoms with E-state index in [0.29, 0.717) is 13.0 Å². The van der Waals surface area contributed by atoms with Crippen LogP contribution in [-0.4, -0.2) is 52.1 Å². The maximum absolute atomic E-state index is 12.2. The summed E-state index contributed by atoms with van der Waals surface area (Å²) in [4.78, 5) is 24.9. The van der Waals surface area contributed by atoms with Crippen molar-refractivity contribution in [2.24, 2.45) is 0 Å². The molecule has 2 saturated heterocycles. The third-order valence-electron chi connectivity index (χ3n) is 3.56. The lowest BCUT2D eigenvalue weighted by molar-refractivity contribution is -0.142. The van der Waals surface area contributed by atoms with Crippen molar-refractivity contribution in [2.75, 3.05) is 18.1 Å². The number of carboxylic acid groups (broad SMARTS) is 1. The van der Waals surface area contributed by atoms with Crippen molar-refractivity contribution in [3.63, 3.8) is 0 Å². The van der Waals surface area contributed by atoms with E-state index in [-0.39, 0.29) is 12.1 Å². The number of likely N-dealkylation sites (tertiary alicyclic amines) is 1. The van der Waals surface area contributed by atoms with E-state index in [0.717, 1.165) is 37.2 Å². The van der Waals surface area contributed by atoms with Crippen molar-refractivity contribution in [3.05, 3.63) is 0 Å². The number of hydrogen-bond donors (Lipinski definition) is 2. The molecule has 0 aliphatic carbocycles. The van der Waals surface area contributed by atoms with E-state index >= 15 is 0 Å². The number of hydrogen-bond acceptors (Lipinski definition) is 3. The molecule has 0 radical (unpaired) electrons. The summed E-state index contributed by atoms with van der Waals surface area (Å²) in [6, 6.07) is -0.640. The molecule has 0 bridgehead atoms. The summed E-state index contributed by atoms with van der Waals surface area (Å²) in [5, 5.41) is 12.2. The Morgan fingerprint density at radius 3 is 2.72 bits per heavy atom. The summed E-state index contributed by atoms with van der Waals surface area (Å²) < 4.78 is 0. The van der Waals surface area contributed by atoms with E-state index in [1.165, 1.54) is 4.90 Å². The number of carbonyl (C=O) groups is 2. The Kier molecular flexibility index (Phi) is 4.74. The number of urea groups is 1. The minimum absolute atomic E-state index is 0.197. The first-order valence-electron chi connectivity index (χ1n) is 6.56. The third-order valence-corrected chi connectivity index (χ3v) is 4.72. The first-order valence-corrected chi connectivity index (χ1v) is 7.71. The van der Waals surface area contributed by atoms with E-state index < -0.39 is 12.0 Å². The lowest BCUT2D eigenvalue weighted by Gasteiger charge is -2.28. The second-order valence-corrected chi connectivity index (χ2v) is 6.06. The summed E-state index contributed by atoms with van der Waals surface area (Å²) in [7, 11) is 0. The van der Waals surface area contributed by atoms with Gasteiger partial charge in [-0.2, -0.15) is 11.8 Å².